The molecule has 0 spiro atoms. The van der Waals surface area contributed by atoms with Crippen LogP contribution in [0.2, 0.25) is 0 Å². The molecule has 0 N–H and O–H groups in total. The molecule has 0 aliphatic heterocycles. The largest absolute Gasteiger partial charge is 0.464 e. The molecule has 0 bridgehead atoms. The molecule has 3 heteroatoms. The predicted molar refractivity (Wildman–Crippen MR) is 56.3 cm³/mol. The maximum Gasteiger partial charge on any atom is 0.273 e. The topological polar surface area (TPSA) is 22.1 Å². The van der Waals surface area contributed by atoms with Crippen molar-refractivity contribution in [1.82, 2.24) is 4.98 Å². The number of rotatable bonds is 4. The second kappa shape index (κ2) is 4.09. The third-order valence-electron chi connectivity index (χ3n) is 1.67. The normalized spacial score (nSPS) is 12.1. The van der Waals surface area contributed by atoms with Crippen LogP contribution in [0.4, 0.5) is 0 Å². The summed E-state index contributed by atoms with van der Waals surface area (Å²) in [6.07, 6.45) is 2.82. The SMILES string of the molecule is CC(C)CC(C)(C)Oc1nccs1. The zero-order valence-corrected chi connectivity index (χ0v) is 9.52. The Hall–Kier alpha value is -0.570. The van der Waals surface area contributed by atoms with Gasteiger partial charge in [-0.15, -0.1) is 0 Å². The summed E-state index contributed by atoms with van der Waals surface area (Å²) < 4.78 is 5.76. The molecule has 0 aliphatic carbocycles. The van der Waals surface area contributed by atoms with Gasteiger partial charge in [-0.1, -0.05) is 25.2 Å². The lowest BCUT2D eigenvalue weighted by Gasteiger charge is -2.26. The maximum absolute atomic E-state index is 5.76. The van der Waals surface area contributed by atoms with Gasteiger partial charge >= 0.3 is 0 Å². The number of hydrogen-bond donors (Lipinski definition) is 0. The summed E-state index contributed by atoms with van der Waals surface area (Å²) >= 11 is 1.54. The van der Waals surface area contributed by atoms with E-state index in [0.29, 0.717) is 5.92 Å². The first-order chi connectivity index (χ1) is 5.99. The monoisotopic (exact) mass is 199 g/mol. The van der Waals surface area contributed by atoms with E-state index < -0.39 is 0 Å². The van der Waals surface area contributed by atoms with Gasteiger partial charge < -0.3 is 4.74 Å². The standard InChI is InChI=1S/C10H17NOS/c1-8(2)7-10(3,4)12-9-11-5-6-13-9/h5-6,8H,7H2,1-4H3. The van der Waals surface area contributed by atoms with Crippen molar-refractivity contribution in [3.8, 4) is 5.19 Å². The number of nitrogens with zero attached hydrogens (tertiary/aromatic N) is 1. The van der Waals surface area contributed by atoms with Crippen LogP contribution in [0.25, 0.3) is 0 Å². The number of hydrogen-bond acceptors (Lipinski definition) is 3. The van der Waals surface area contributed by atoms with Crippen LogP contribution in [-0.2, 0) is 0 Å². The first-order valence-corrected chi connectivity index (χ1v) is 5.46. The Kier molecular flexibility index (Phi) is 3.31. The van der Waals surface area contributed by atoms with E-state index in [1.807, 2.05) is 5.38 Å². The van der Waals surface area contributed by atoms with Gasteiger partial charge in [-0.3, -0.25) is 0 Å². The molecule has 0 unspecified atom stereocenters. The van der Waals surface area contributed by atoms with Crippen molar-refractivity contribution in [2.75, 3.05) is 0 Å². The fourth-order valence-electron chi connectivity index (χ4n) is 1.52. The average molecular weight is 199 g/mol. The minimum absolute atomic E-state index is 0.105. The molecule has 0 aliphatic rings. The van der Waals surface area contributed by atoms with Crippen molar-refractivity contribution >= 4 is 11.3 Å². The zero-order chi connectivity index (χ0) is 9.90. The highest BCUT2D eigenvalue weighted by Crippen LogP contribution is 2.25. The van der Waals surface area contributed by atoms with Crippen LogP contribution >= 0.6 is 11.3 Å². The van der Waals surface area contributed by atoms with E-state index in [0.717, 1.165) is 11.6 Å². The van der Waals surface area contributed by atoms with E-state index >= 15 is 0 Å². The lowest BCUT2D eigenvalue weighted by molar-refractivity contribution is 0.0848. The van der Waals surface area contributed by atoms with Crippen molar-refractivity contribution < 1.29 is 4.74 Å². The highest BCUT2D eigenvalue weighted by atomic mass is 32.1. The molecule has 1 aromatic heterocycles. The van der Waals surface area contributed by atoms with Gasteiger partial charge in [0.1, 0.15) is 5.60 Å². The molecule has 0 saturated carbocycles. The molecule has 0 atom stereocenters. The van der Waals surface area contributed by atoms with Crippen LogP contribution in [0.15, 0.2) is 11.6 Å². The average Bonchev–Trinajstić information content (AvgIpc) is 2.34. The Labute approximate surface area is 84.0 Å². The Morgan fingerprint density at radius 1 is 1.54 bits per heavy atom. The quantitative estimate of drug-likeness (QED) is 0.742. The molecular formula is C10H17NOS. The summed E-state index contributed by atoms with van der Waals surface area (Å²) in [6, 6.07) is 0. The third-order valence-corrected chi connectivity index (χ3v) is 2.32. The van der Waals surface area contributed by atoms with E-state index in [1.54, 1.807) is 17.5 Å². The molecule has 0 saturated heterocycles. The third kappa shape index (κ3) is 3.77. The Bertz CT molecular complexity index is 241. The van der Waals surface area contributed by atoms with Crippen LogP contribution in [0.1, 0.15) is 34.1 Å². The molecule has 2 nitrogen and oxygen atoms in total. The summed E-state index contributed by atoms with van der Waals surface area (Å²) in [5.74, 6) is 0.648. The number of thiazole rings is 1. The van der Waals surface area contributed by atoms with Gasteiger partial charge in [0.15, 0.2) is 0 Å². The minimum Gasteiger partial charge on any atom is -0.464 e. The first kappa shape index (κ1) is 10.5. The fourth-order valence-corrected chi connectivity index (χ4v) is 2.16. The lowest BCUT2D eigenvalue weighted by Crippen LogP contribution is -2.29. The van der Waals surface area contributed by atoms with Crippen LogP contribution in [0.5, 0.6) is 5.19 Å². The summed E-state index contributed by atoms with van der Waals surface area (Å²) in [4.78, 5) is 4.11. The van der Waals surface area contributed by atoms with Gasteiger partial charge in [0.05, 0.1) is 0 Å². The molecule has 1 rings (SSSR count). The van der Waals surface area contributed by atoms with E-state index in [-0.39, 0.29) is 5.60 Å². The van der Waals surface area contributed by atoms with Crippen molar-refractivity contribution in [2.45, 2.75) is 39.7 Å². The summed E-state index contributed by atoms with van der Waals surface area (Å²) in [6.45, 7) is 8.61. The van der Waals surface area contributed by atoms with E-state index in [2.05, 4.69) is 32.7 Å². The predicted octanol–water partition coefficient (Wildman–Crippen LogP) is 3.35. The molecule has 0 radical (unpaired) electrons. The number of aromatic nitrogens is 1. The molecule has 13 heavy (non-hydrogen) atoms. The Balaban J connectivity index is 2.51. The lowest BCUT2D eigenvalue weighted by atomic mass is 9.96. The summed E-state index contributed by atoms with van der Waals surface area (Å²) in [5, 5.41) is 2.70. The molecular weight excluding hydrogens is 182 g/mol. The first-order valence-electron chi connectivity index (χ1n) is 4.58. The van der Waals surface area contributed by atoms with Crippen molar-refractivity contribution in [1.29, 1.82) is 0 Å². The van der Waals surface area contributed by atoms with Gasteiger partial charge in [0, 0.05) is 11.6 Å². The van der Waals surface area contributed by atoms with E-state index in [4.69, 9.17) is 4.74 Å². The summed E-state index contributed by atoms with van der Waals surface area (Å²) in [5.41, 5.74) is -0.105. The molecule has 0 fully saturated rings. The van der Waals surface area contributed by atoms with E-state index in [9.17, 15) is 0 Å². The second-order valence-corrected chi connectivity index (χ2v) is 5.11. The smallest absolute Gasteiger partial charge is 0.273 e. The number of ether oxygens (including phenoxy) is 1. The highest BCUT2D eigenvalue weighted by molar-refractivity contribution is 7.11. The summed E-state index contributed by atoms with van der Waals surface area (Å²) in [7, 11) is 0. The Morgan fingerprint density at radius 3 is 2.69 bits per heavy atom. The minimum atomic E-state index is -0.105. The van der Waals surface area contributed by atoms with Gasteiger partial charge in [-0.25, -0.2) is 4.98 Å². The molecule has 1 heterocycles. The highest BCUT2D eigenvalue weighted by Gasteiger charge is 2.22. The molecule has 0 amide bonds. The molecule has 74 valence electrons. The van der Waals surface area contributed by atoms with Crippen LogP contribution in [0, 0.1) is 5.92 Å². The van der Waals surface area contributed by atoms with Gasteiger partial charge in [-0.05, 0) is 26.2 Å². The second-order valence-electron chi connectivity index (χ2n) is 4.26. The zero-order valence-electron chi connectivity index (χ0n) is 8.70. The van der Waals surface area contributed by atoms with Gasteiger partial charge in [0.2, 0.25) is 0 Å². The fraction of sp³-hybridized carbons (Fsp3) is 0.700. The van der Waals surface area contributed by atoms with E-state index in [1.165, 1.54) is 0 Å². The van der Waals surface area contributed by atoms with Crippen molar-refractivity contribution in [2.24, 2.45) is 5.92 Å². The molecule has 1 aromatic rings. The van der Waals surface area contributed by atoms with Crippen LogP contribution in [-0.4, -0.2) is 10.6 Å². The van der Waals surface area contributed by atoms with Crippen LogP contribution in [0.3, 0.4) is 0 Å². The van der Waals surface area contributed by atoms with Crippen LogP contribution < -0.4 is 4.74 Å². The molecule has 0 aromatic carbocycles. The van der Waals surface area contributed by atoms with Crippen molar-refractivity contribution in [3.63, 3.8) is 0 Å². The Morgan fingerprint density at radius 2 is 2.23 bits per heavy atom. The van der Waals surface area contributed by atoms with Crippen molar-refractivity contribution in [3.05, 3.63) is 11.6 Å². The van der Waals surface area contributed by atoms with Gasteiger partial charge in [-0.2, -0.15) is 0 Å². The maximum atomic E-state index is 5.76. The van der Waals surface area contributed by atoms with Gasteiger partial charge in [0.25, 0.3) is 5.19 Å².